The summed E-state index contributed by atoms with van der Waals surface area (Å²) in [6, 6.07) is 2.08. The van der Waals surface area contributed by atoms with E-state index in [0.29, 0.717) is 22.0 Å². The minimum absolute atomic E-state index is 0.0334. The van der Waals surface area contributed by atoms with Gasteiger partial charge in [-0.3, -0.25) is 4.79 Å². The van der Waals surface area contributed by atoms with Gasteiger partial charge < -0.3 is 5.73 Å². The standard InChI is InChI=1S/C13H13N5OS3/c1-7-5-21-10(16-7)3-8(19)6-22-12-9(4-14)11(20-2)17-13(15)18-12/h5H,3,6H2,1-2H3,(H2,15,17,18). The van der Waals surface area contributed by atoms with E-state index >= 15 is 0 Å². The predicted molar refractivity (Wildman–Crippen MR) is 89.2 cm³/mol. The molecule has 0 aliphatic rings. The summed E-state index contributed by atoms with van der Waals surface area (Å²) in [4.78, 5) is 24.4. The number of nitriles is 1. The lowest BCUT2D eigenvalue weighted by molar-refractivity contribution is -0.116. The number of aryl methyl sites for hydroxylation is 1. The van der Waals surface area contributed by atoms with Crippen molar-refractivity contribution in [3.05, 3.63) is 21.6 Å². The van der Waals surface area contributed by atoms with Gasteiger partial charge in [0.1, 0.15) is 32.5 Å². The molecule has 0 aliphatic heterocycles. The Morgan fingerprint density at radius 1 is 1.41 bits per heavy atom. The molecule has 2 rings (SSSR count). The Bertz CT molecular complexity index is 738. The number of rotatable bonds is 6. The number of anilines is 1. The van der Waals surface area contributed by atoms with Gasteiger partial charge in [-0.25, -0.2) is 15.0 Å². The van der Waals surface area contributed by atoms with Gasteiger partial charge in [-0.05, 0) is 13.2 Å². The highest BCUT2D eigenvalue weighted by atomic mass is 32.2. The number of thiazole rings is 1. The molecule has 114 valence electrons. The molecule has 0 aliphatic carbocycles. The van der Waals surface area contributed by atoms with Crippen LogP contribution in [0.5, 0.6) is 0 Å². The van der Waals surface area contributed by atoms with E-state index in [2.05, 4.69) is 21.0 Å². The molecule has 0 atom stereocenters. The topological polar surface area (TPSA) is 106 Å². The van der Waals surface area contributed by atoms with Crippen LogP contribution in [0.25, 0.3) is 0 Å². The van der Waals surface area contributed by atoms with Crippen LogP contribution in [-0.4, -0.2) is 32.7 Å². The Labute approximate surface area is 140 Å². The second-order valence-corrected chi connectivity index (χ2v) is 6.97. The molecule has 0 unspecified atom stereocenters. The van der Waals surface area contributed by atoms with Gasteiger partial charge in [-0.1, -0.05) is 11.8 Å². The normalized spacial score (nSPS) is 10.4. The van der Waals surface area contributed by atoms with Crippen molar-refractivity contribution in [1.29, 1.82) is 5.26 Å². The molecule has 2 aromatic heterocycles. The minimum atomic E-state index is 0.0334. The van der Waals surface area contributed by atoms with Crippen LogP contribution in [0.2, 0.25) is 0 Å². The lowest BCUT2D eigenvalue weighted by atomic mass is 10.3. The predicted octanol–water partition coefficient (Wildman–Crippen LogP) is 2.32. The molecular formula is C13H13N5OS3. The van der Waals surface area contributed by atoms with Crippen LogP contribution in [0, 0.1) is 18.3 Å². The van der Waals surface area contributed by atoms with Gasteiger partial charge >= 0.3 is 0 Å². The van der Waals surface area contributed by atoms with Gasteiger partial charge in [0.25, 0.3) is 0 Å². The van der Waals surface area contributed by atoms with E-state index < -0.39 is 0 Å². The van der Waals surface area contributed by atoms with Crippen molar-refractivity contribution in [1.82, 2.24) is 15.0 Å². The monoisotopic (exact) mass is 351 g/mol. The summed E-state index contributed by atoms with van der Waals surface area (Å²) < 4.78 is 0. The van der Waals surface area contributed by atoms with Gasteiger partial charge in [0.15, 0.2) is 0 Å². The molecule has 2 heterocycles. The van der Waals surface area contributed by atoms with Gasteiger partial charge in [0, 0.05) is 11.1 Å². The molecule has 2 aromatic rings. The molecule has 0 radical (unpaired) electrons. The van der Waals surface area contributed by atoms with Crippen LogP contribution in [-0.2, 0) is 11.2 Å². The van der Waals surface area contributed by atoms with Gasteiger partial charge in [0.2, 0.25) is 5.95 Å². The van der Waals surface area contributed by atoms with Crippen LogP contribution in [0.3, 0.4) is 0 Å². The number of hydrogen-bond acceptors (Lipinski definition) is 9. The molecule has 22 heavy (non-hydrogen) atoms. The Morgan fingerprint density at radius 3 is 2.73 bits per heavy atom. The zero-order valence-corrected chi connectivity index (χ0v) is 14.4. The first-order valence-electron chi connectivity index (χ1n) is 6.20. The molecule has 0 fully saturated rings. The molecule has 0 aromatic carbocycles. The maximum absolute atomic E-state index is 12.0. The number of nitrogen functional groups attached to an aromatic ring is 1. The summed E-state index contributed by atoms with van der Waals surface area (Å²) in [5, 5.41) is 12.9. The lowest BCUT2D eigenvalue weighted by Crippen LogP contribution is -2.07. The Balaban J connectivity index is 2.06. The van der Waals surface area contributed by atoms with E-state index in [0.717, 1.165) is 10.7 Å². The molecule has 0 bridgehead atoms. The maximum Gasteiger partial charge on any atom is 0.222 e. The van der Waals surface area contributed by atoms with E-state index in [4.69, 9.17) is 5.73 Å². The first-order chi connectivity index (χ1) is 10.5. The van der Waals surface area contributed by atoms with Crippen molar-refractivity contribution in [2.24, 2.45) is 0 Å². The number of aromatic nitrogens is 3. The number of carbonyl (C=O) groups excluding carboxylic acids is 1. The Hall–Kier alpha value is -1.63. The summed E-state index contributed by atoms with van der Waals surface area (Å²) in [5.41, 5.74) is 6.92. The van der Waals surface area contributed by atoms with E-state index in [1.165, 1.54) is 34.9 Å². The highest BCUT2D eigenvalue weighted by Gasteiger charge is 2.15. The molecule has 2 N–H and O–H groups in total. The lowest BCUT2D eigenvalue weighted by Gasteiger charge is -2.06. The zero-order chi connectivity index (χ0) is 16.1. The second-order valence-electron chi connectivity index (χ2n) is 4.27. The first-order valence-corrected chi connectivity index (χ1v) is 9.29. The molecule has 0 spiro atoms. The number of hydrogen-bond donors (Lipinski definition) is 1. The van der Waals surface area contributed by atoms with Crippen molar-refractivity contribution in [3.63, 3.8) is 0 Å². The Morgan fingerprint density at radius 2 is 2.14 bits per heavy atom. The number of thioether (sulfide) groups is 2. The number of carbonyl (C=O) groups is 1. The summed E-state index contributed by atoms with van der Waals surface area (Å²) in [7, 11) is 0. The van der Waals surface area contributed by atoms with Crippen molar-refractivity contribution >= 4 is 46.6 Å². The SMILES string of the molecule is CSc1nc(N)nc(SCC(=O)Cc2nc(C)cs2)c1C#N. The van der Waals surface area contributed by atoms with Crippen molar-refractivity contribution in [2.45, 2.75) is 23.4 Å². The number of ketones is 1. The average Bonchev–Trinajstić information content (AvgIpc) is 2.89. The summed E-state index contributed by atoms with van der Waals surface area (Å²) in [5.74, 6) is 0.359. The molecule has 0 saturated carbocycles. The fourth-order valence-corrected chi connectivity index (χ4v) is 3.88. The highest BCUT2D eigenvalue weighted by Crippen LogP contribution is 2.28. The van der Waals surface area contributed by atoms with E-state index in [1.807, 2.05) is 18.6 Å². The van der Waals surface area contributed by atoms with Crippen LogP contribution in [0.1, 0.15) is 16.3 Å². The second kappa shape index (κ2) is 7.58. The quantitative estimate of drug-likeness (QED) is 0.624. The third-order valence-corrected chi connectivity index (χ3v) is 5.23. The van der Waals surface area contributed by atoms with E-state index in [-0.39, 0.29) is 17.5 Å². The van der Waals surface area contributed by atoms with Crippen LogP contribution < -0.4 is 5.73 Å². The fraction of sp³-hybridized carbons (Fsp3) is 0.308. The van der Waals surface area contributed by atoms with Gasteiger partial charge in [-0.2, -0.15) is 5.26 Å². The van der Waals surface area contributed by atoms with Gasteiger partial charge in [0.05, 0.1) is 12.2 Å². The summed E-state index contributed by atoms with van der Waals surface area (Å²) >= 11 is 4.01. The number of nitrogens with two attached hydrogens (primary N) is 1. The van der Waals surface area contributed by atoms with Crippen molar-refractivity contribution in [2.75, 3.05) is 17.7 Å². The summed E-state index contributed by atoms with van der Waals surface area (Å²) in [6.45, 7) is 1.89. The largest absolute Gasteiger partial charge is 0.368 e. The van der Waals surface area contributed by atoms with Crippen LogP contribution in [0.15, 0.2) is 15.4 Å². The Kier molecular flexibility index (Phi) is 5.76. The average molecular weight is 351 g/mol. The van der Waals surface area contributed by atoms with Gasteiger partial charge in [-0.15, -0.1) is 23.1 Å². The van der Waals surface area contributed by atoms with Crippen LogP contribution in [0.4, 0.5) is 5.95 Å². The fourth-order valence-electron chi connectivity index (χ4n) is 1.64. The third kappa shape index (κ3) is 4.19. The summed E-state index contributed by atoms with van der Waals surface area (Å²) in [6.07, 6.45) is 2.11. The molecular weight excluding hydrogens is 338 g/mol. The van der Waals surface area contributed by atoms with E-state index in [1.54, 1.807) is 0 Å². The van der Waals surface area contributed by atoms with E-state index in [9.17, 15) is 10.1 Å². The molecule has 9 heteroatoms. The smallest absolute Gasteiger partial charge is 0.222 e. The zero-order valence-electron chi connectivity index (χ0n) is 12.0. The first kappa shape index (κ1) is 16.7. The van der Waals surface area contributed by atoms with Crippen molar-refractivity contribution < 1.29 is 4.79 Å². The highest BCUT2D eigenvalue weighted by molar-refractivity contribution is 8.00. The third-order valence-electron chi connectivity index (χ3n) is 2.55. The maximum atomic E-state index is 12.0. The molecule has 6 nitrogen and oxygen atoms in total. The molecule has 0 amide bonds. The van der Waals surface area contributed by atoms with Crippen molar-refractivity contribution in [3.8, 4) is 6.07 Å². The van der Waals surface area contributed by atoms with Crippen LogP contribution >= 0.6 is 34.9 Å². The molecule has 0 saturated heterocycles. The minimum Gasteiger partial charge on any atom is -0.368 e. The number of Topliss-reactive ketones (excluding diaryl/α,β-unsaturated/α-hetero) is 1. The number of nitrogens with zero attached hydrogens (tertiary/aromatic N) is 4.